The number of rotatable bonds is 0. The lowest BCUT2D eigenvalue weighted by Gasteiger charge is -2.07. The van der Waals surface area contributed by atoms with Crippen LogP contribution < -0.4 is 0 Å². The van der Waals surface area contributed by atoms with Crippen molar-refractivity contribution in [2.45, 2.75) is 138 Å². The molecule has 0 saturated carbocycles. The Morgan fingerprint density at radius 3 is 1.05 bits per heavy atom. The minimum absolute atomic E-state index is 0.310. The molecule has 0 saturated heterocycles. The lowest BCUT2D eigenvalue weighted by molar-refractivity contribution is 0.772. The van der Waals surface area contributed by atoms with Gasteiger partial charge in [0, 0.05) is 59.2 Å². The Morgan fingerprint density at radius 2 is 0.631 bits per heavy atom. The van der Waals surface area contributed by atoms with Gasteiger partial charge < -0.3 is 0 Å². The Labute approximate surface area is 400 Å². The molecule has 0 atom stereocenters. The summed E-state index contributed by atoms with van der Waals surface area (Å²) in [5.74, 6) is 0. The van der Waals surface area contributed by atoms with Gasteiger partial charge in [-0.3, -0.25) is 14.0 Å². The van der Waals surface area contributed by atoms with Gasteiger partial charge in [-0.05, 0) is 55.4 Å². The molecule has 0 bridgehead atoms. The predicted octanol–water partition coefficient (Wildman–Crippen LogP) is 13.3. The van der Waals surface area contributed by atoms with Crippen molar-refractivity contribution in [3.05, 3.63) is 67.2 Å². The van der Waals surface area contributed by atoms with Crippen LogP contribution in [-0.2, 0) is 21.1 Å². The lowest BCUT2D eigenvalue weighted by atomic mass is 10.1. The molecule has 18 heteroatoms. The van der Waals surface area contributed by atoms with Crippen LogP contribution in [0.25, 0.3) is 65.4 Å². The SMILES string of the molecule is CC.CC.CC.CC.CC.CC.Cc1nc2c(c(C)nn2C)c2c(C)nnc(Cl)c12.Cc1nc2c(c(C)nn2C)c2c(C)nncc12.Cc1nc2c(c(C)nn2C)c2c(Cl)nnc(Cl)c12. The molecule has 0 aliphatic rings. The van der Waals surface area contributed by atoms with Gasteiger partial charge in [0.05, 0.1) is 62.2 Å². The molecule has 15 nitrogen and oxygen atoms in total. The Morgan fingerprint density at radius 1 is 0.323 bits per heavy atom. The second-order valence-electron chi connectivity index (χ2n) is 12.9. The summed E-state index contributed by atoms with van der Waals surface area (Å²) in [4.78, 5) is 13.7. The molecule has 0 unspecified atom stereocenters. The molecule has 0 spiro atoms. The van der Waals surface area contributed by atoms with Gasteiger partial charge in [-0.2, -0.15) is 30.6 Å². The Balaban J connectivity index is 0.000000436. The zero-order valence-corrected chi connectivity index (χ0v) is 45.2. The maximum atomic E-state index is 6.16. The van der Waals surface area contributed by atoms with Crippen molar-refractivity contribution in [1.82, 2.24) is 74.9 Å². The van der Waals surface area contributed by atoms with Gasteiger partial charge in [0.1, 0.15) is 0 Å². The molecule has 0 radical (unpaired) electrons. The van der Waals surface area contributed by atoms with Crippen molar-refractivity contribution >= 4 is 100 Å². The summed E-state index contributed by atoms with van der Waals surface area (Å²) in [6, 6.07) is 0. The molecule has 9 aromatic heterocycles. The smallest absolute Gasteiger partial charge is 0.161 e. The number of fused-ring (bicyclic) bond motifs is 9. The summed E-state index contributed by atoms with van der Waals surface area (Å²) >= 11 is 18.4. The van der Waals surface area contributed by atoms with Crippen LogP contribution in [0.5, 0.6) is 0 Å². The minimum Gasteiger partial charge on any atom is -0.250 e. The topological polar surface area (TPSA) is 169 Å². The van der Waals surface area contributed by atoms with E-state index in [-0.39, 0.29) is 0 Å². The molecule has 9 rings (SSSR count). The highest BCUT2D eigenvalue weighted by Crippen LogP contribution is 2.36. The second-order valence-corrected chi connectivity index (χ2v) is 14.0. The quantitative estimate of drug-likeness (QED) is 0.141. The van der Waals surface area contributed by atoms with Crippen molar-refractivity contribution in [2.75, 3.05) is 0 Å². The Hall–Kier alpha value is -5.25. The zero-order valence-electron chi connectivity index (χ0n) is 42.9. The van der Waals surface area contributed by atoms with Crippen molar-refractivity contribution in [3.63, 3.8) is 0 Å². The van der Waals surface area contributed by atoms with Crippen LogP contribution in [0.15, 0.2) is 6.20 Å². The van der Waals surface area contributed by atoms with Crippen molar-refractivity contribution in [3.8, 4) is 0 Å². The number of aromatic nitrogens is 15. The number of hydrogen-bond acceptors (Lipinski definition) is 12. The van der Waals surface area contributed by atoms with Gasteiger partial charge >= 0.3 is 0 Å². The average molecular weight is 952 g/mol. The normalized spacial score (nSPS) is 10.0. The fraction of sp³-hybridized carbons (Fsp3) is 0.489. The number of hydrogen-bond donors (Lipinski definition) is 0. The summed E-state index contributed by atoms with van der Waals surface area (Å²) in [7, 11) is 5.65. The molecular weight excluding hydrogens is 881 g/mol. The molecule has 9 heterocycles. The van der Waals surface area contributed by atoms with Crippen molar-refractivity contribution in [1.29, 1.82) is 0 Å². The minimum atomic E-state index is 0.310. The number of aryl methyl sites for hydroxylation is 11. The van der Waals surface area contributed by atoms with Crippen LogP contribution in [0.1, 0.15) is 129 Å². The molecule has 0 amide bonds. The van der Waals surface area contributed by atoms with Gasteiger partial charge in [-0.25, -0.2) is 15.0 Å². The highest BCUT2D eigenvalue weighted by molar-refractivity contribution is 6.40. The Bertz CT molecular complexity index is 2830. The van der Waals surface area contributed by atoms with Crippen LogP contribution in [0.4, 0.5) is 0 Å². The van der Waals surface area contributed by atoms with E-state index < -0.39 is 0 Å². The Kier molecular flexibility index (Phi) is 23.7. The molecule has 0 aliphatic heterocycles. The van der Waals surface area contributed by atoms with Gasteiger partial charge in [0.2, 0.25) is 0 Å². The van der Waals surface area contributed by atoms with E-state index in [4.69, 9.17) is 34.8 Å². The first-order valence-electron chi connectivity index (χ1n) is 22.5. The van der Waals surface area contributed by atoms with E-state index in [1.807, 2.05) is 164 Å². The number of halogens is 3. The lowest BCUT2D eigenvalue weighted by Crippen LogP contribution is -1.98. The molecule has 9 aromatic rings. The van der Waals surface area contributed by atoms with E-state index in [1.165, 1.54) is 0 Å². The van der Waals surface area contributed by atoms with Crippen LogP contribution in [0.2, 0.25) is 15.5 Å². The van der Waals surface area contributed by atoms with E-state index >= 15 is 0 Å². The highest BCUT2D eigenvalue weighted by Gasteiger charge is 2.20. The average Bonchev–Trinajstić information content (AvgIpc) is 3.89. The standard InChI is InChI=1S/C12H12ClN5.C12H13N5.C11H9Cl2N5.6C2H6/c1-5-9-8(6(2)15-16-11(9)13)10-7(3)17-18(4)12(10)14-5;1-6-9-5-13-15-7(2)10(9)11-8(3)16-17(4)12(11)14-6;1-4-6-8(10(13)16-15-9(6)12)7-5(2)17-18(3)11(7)14-4;6*1-2/h1-4H3;5H,1-4H3;1-3H3;6*1-2H3. The first-order valence-corrected chi connectivity index (χ1v) is 23.6. The maximum absolute atomic E-state index is 6.16. The predicted molar refractivity (Wildman–Crippen MR) is 276 cm³/mol. The van der Waals surface area contributed by atoms with Crippen LogP contribution in [0, 0.1) is 55.4 Å². The third-order valence-corrected chi connectivity index (χ3v) is 10.1. The van der Waals surface area contributed by atoms with E-state index in [0.717, 1.165) is 111 Å². The van der Waals surface area contributed by atoms with E-state index in [0.29, 0.717) is 15.5 Å². The number of nitrogens with zero attached hydrogens (tertiary/aromatic N) is 15. The molecule has 354 valence electrons. The molecule has 0 fully saturated rings. The van der Waals surface area contributed by atoms with Gasteiger partial charge in [0.25, 0.3) is 0 Å². The molecule has 0 aliphatic carbocycles. The first-order chi connectivity index (χ1) is 31.1. The van der Waals surface area contributed by atoms with Gasteiger partial charge in [-0.1, -0.05) is 118 Å². The maximum Gasteiger partial charge on any atom is 0.161 e. The van der Waals surface area contributed by atoms with Crippen LogP contribution in [-0.4, -0.2) is 74.9 Å². The van der Waals surface area contributed by atoms with Gasteiger partial charge in [-0.15, -0.1) is 15.3 Å². The summed E-state index contributed by atoms with van der Waals surface area (Å²) in [6.45, 7) is 39.6. The van der Waals surface area contributed by atoms with Gasteiger partial charge in [0.15, 0.2) is 32.4 Å². The molecule has 0 aromatic carbocycles. The van der Waals surface area contributed by atoms with Crippen LogP contribution in [0.3, 0.4) is 0 Å². The fourth-order valence-electron chi connectivity index (χ4n) is 7.01. The molecular formula is C47H70Cl3N15. The largest absolute Gasteiger partial charge is 0.250 e. The monoisotopic (exact) mass is 950 g/mol. The van der Waals surface area contributed by atoms with Crippen molar-refractivity contribution < 1.29 is 0 Å². The summed E-state index contributed by atoms with van der Waals surface area (Å²) in [5.41, 5.74) is 9.63. The summed E-state index contributed by atoms with van der Waals surface area (Å²) < 4.78 is 5.32. The van der Waals surface area contributed by atoms with Crippen molar-refractivity contribution in [2.24, 2.45) is 21.1 Å². The fourth-order valence-corrected chi connectivity index (χ4v) is 7.78. The molecule has 0 N–H and O–H groups in total. The van der Waals surface area contributed by atoms with Crippen LogP contribution >= 0.6 is 34.8 Å². The van der Waals surface area contributed by atoms with E-state index in [9.17, 15) is 0 Å². The highest BCUT2D eigenvalue weighted by atomic mass is 35.5. The van der Waals surface area contributed by atoms with E-state index in [1.54, 1.807) is 15.6 Å². The second kappa shape index (κ2) is 26.6. The first kappa shape index (κ1) is 57.8. The van der Waals surface area contributed by atoms with E-state index in [2.05, 4.69) is 60.8 Å². The zero-order chi connectivity index (χ0) is 50.2. The molecule has 65 heavy (non-hydrogen) atoms. The third kappa shape index (κ3) is 11.8. The number of pyridine rings is 3. The third-order valence-electron chi connectivity index (χ3n) is 9.28. The summed E-state index contributed by atoms with van der Waals surface area (Å²) in [6.07, 6.45) is 1.77. The summed E-state index contributed by atoms with van der Waals surface area (Å²) in [5, 5.41) is 46.6.